The quantitative estimate of drug-likeness (QED) is 0.480. The molecule has 1 saturated heterocycles. The van der Waals surface area contributed by atoms with Crippen LogP contribution in [0.25, 0.3) is 5.69 Å². The molecule has 5 rings (SSSR count). The number of piperazine rings is 1. The van der Waals surface area contributed by atoms with E-state index in [-0.39, 0.29) is 24.7 Å². The standard InChI is InChI=1S/C23H26N6O3S2/c1-17-4-2-7-20(14-17)29-23(24-25-26-29)33-16-22(30)27-10-12-28(13-11-27)34(31,32)21-9-8-18-5-3-6-19(18)15-21/h2,4,7-9,14-15H,3,5-6,10-13,16H2,1H3. The topological polar surface area (TPSA) is 101 Å². The SMILES string of the molecule is Cc1cccc(-n2nnnc2SCC(=O)N2CCN(S(=O)(=O)c3ccc4c(c3)CCC4)CC2)c1. The second-order valence-corrected chi connectivity index (χ2v) is 11.5. The molecule has 178 valence electrons. The highest BCUT2D eigenvalue weighted by Gasteiger charge is 2.31. The first-order valence-electron chi connectivity index (χ1n) is 11.3. The van der Waals surface area contributed by atoms with Crippen molar-refractivity contribution in [1.29, 1.82) is 0 Å². The van der Waals surface area contributed by atoms with E-state index in [0.29, 0.717) is 23.1 Å². The molecule has 0 N–H and O–H groups in total. The van der Waals surface area contributed by atoms with Crippen molar-refractivity contribution in [3.05, 3.63) is 59.2 Å². The molecule has 0 bridgehead atoms. The zero-order valence-corrected chi connectivity index (χ0v) is 20.6. The van der Waals surface area contributed by atoms with E-state index in [2.05, 4.69) is 15.5 Å². The van der Waals surface area contributed by atoms with Gasteiger partial charge in [-0.25, -0.2) is 8.42 Å². The fourth-order valence-electron chi connectivity index (χ4n) is 4.44. The second kappa shape index (κ2) is 9.47. The number of hydrogen-bond donors (Lipinski definition) is 0. The summed E-state index contributed by atoms with van der Waals surface area (Å²) in [6.07, 6.45) is 3.03. The van der Waals surface area contributed by atoms with E-state index in [1.54, 1.807) is 15.6 Å². The molecule has 1 amide bonds. The van der Waals surface area contributed by atoms with Gasteiger partial charge in [-0.05, 0) is 77.6 Å². The Hall–Kier alpha value is -2.76. The molecular weight excluding hydrogens is 472 g/mol. The molecular formula is C23H26N6O3S2. The number of nitrogens with zero attached hydrogens (tertiary/aromatic N) is 6. The average Bonchev–Trinajstić information content (AvgIpc) is 3.51. The molecule has 0 saturated carbocycles. The summed E-state index contributed by atoms with van der Waals surface area (Å²) in [6.45, 7) is 3.31. The van der Waals surface area contributed by atoms with Crippen molar-refractivity contribution < 1.29 is 13.2 Å². The zero-order valence-electron chi connectivity index (χ0n) is 18.9. The molecule has 11 heteroatoms. The van der Waals surface area contributed by atoms with Crippen LogP contribution in [0.15, 0.2) is 52.5 Å². The van der Waals surface area contributed by atoms with Gasteiger partial charge in [-0.15, -0.1) is 5.10 Å². The Balaban J connectivity index is 1.18. The summed E-state index contributed by atoms with van der Waals surface area (Å²) < 4.78 is 29.4. The predicted octanol–water partition coefficient (Wildman–Crippen LogP) is 2.08. The molecule has 0 unspecified atom stereocenters. The highest BCUT2D eigenvalue weighted by atomic mass is 32.2. The number of aryl methyl sites for hydroxylation is 3. The number of hydrogen-bond acceptors (Lipinski definition) is 7. The third-order valence-corrected chi connectivity index (χ3v) is 9.11. The molecule has 3 aromatic rings. The van der Waals surface area contributed by atoms with Gasteiger partial charge in [0, 0.05) is 26.2 Å². The number of tetrazole rings is 1. The van der Waals surface area contributed by atoms with Crippen molar-refractivity contribution in [2.75, 3.05) is 31.9 Å². The smallest absolute Gasteiger partial charge is 0.243 e. The van der Waals surface area contributed by atoms with Crippen molar-refractivity contribution in [1.82, 2.24) is 29.4 Å². The summed E-state index contributed by atoms with van der Waals surface area (Å²) in [6, 6.07) is 13.3. The van der Waals surface area contributed by atoms with Gasteiger partial charge in [-0.1, -0.05) is 30.0 Å². The largest absolute Gasteiger partial charge is 0.339 e. The molecule has 0 atom stereocenters. The van der Waals surface area contributed by atoms with Crippen LogP contribution in [0, 0.1) is 6.92 Å². The third kappa shape index (κ3) is 4.59. The molecule has 0 spiro atoms. The summed E-state index contributed by atoms with van der Waals surface area (Å²) in [7, 11) is -3.56. The first kappa shape index (κ1) is 23.0. The van der Waals surface area contributed by atoms with Crippen LogP contribution in [0.1, 0.15) is 23.1 Å². The zero-order chi connectivity index (χ0) is 23.7. The highest BCUT2D eigenvalue weighted by molar-refractivity contribution is 7.99. The second-order valence-electron chi connectivity index (χ2n) is 8.57. The predicted molar refractivity (Wildman–Crippen MR) is 128 cm³/mol. The van der Waals surface area contributed by atoms with Gasteiger partial charge in [0.05, 0.1) is 16.3 Å². The number of thioether (sulfide) groups is 1. The summed E-state index contributed by atoms with van der Waals surface area (Å²) in [5, 5.41) is 12.4. The molecule has 1 aliphatic heterocycles. The molecule has 2 aliphatic rings. The van der Waals surface area contributed by atoms with E-state index >= 15 is 0 Å². The van der Waals surface area contributed by atoms with Crippen molar-refractivity contribution in [3.8, 4) is 5.69 Å². The van der Waals surface area contributed by atoms with Crippen LogP contribution in [0.5, 0.6) is 0 Å². The Morgan fingerprint density at radius 3 is 2.62 bits per heavy atom. The van der Waals surface area contributed by atoms with Crippen LogP contribution in [0.3, 0.4) is 0 Å². The maximum atomic E-state index is 13.1. The van der Waals surface area contributed by atoms with Gasteiger partial charge in [0.1, 0.15) is 0 Å². The fraction of sp³-hybridized carbons (Fsp3) is 0.391. The summed E-state index contributed by atoms with van der Waals surface area (Å²) in [5.41, 5.74) is 4.32. The number of carbonyl (C=O) groups excluding carboxylic acids is 1. The monoisotopic (exact) mass is 498 g/mol. The number of benzene rings is 2. The van der Waals surface area contributed by atoms with Gasteiger partial charge >= 0.3 is 0 Å². The van der Waals surface area contributed by atoms with Crippen LogP contribution in [0.4, 0.5) is 0 Å². The maximum absolute atomic E-state index is 13.1. The lowest BCUT2D eigenvalue weighted by Gasteiger charge is -2.34. The number of carbonyl (C=O) groups is 1. The number of aromatic nitrogens is 4. The minimum Gasteiger partial charge on any atom is -0.339 e. The van der Waals surface area contributed by atoms with Gasteiger partial charge in [0.15, 0.2) is 0 Å². The van der Waals surface area contributed by atoms with E-state index < -0.39 is 10.0 Å². The van der Waals surface area contributed by atoms with Crippen molar-refractivity contribution in [3.63, 3.8) is 0 Å². The molecule has 1 aromatic heterocycles. The van der Waals surface area contributed by atoms with Gasteiger partial charge in [0.2, 0.25) is 21.1 Å². The van der Waals surface area contributed by atoms with E-state index in [4.69, 9.17) is 0 Å². The van der Waals surface area contributed by atoms with Crippen LogP contribution >= 0.6 is 11.8 Å². The first-order chi connectivity index (χ1) is 16.4. The minimum absolute atomic E-state index is 0.0571. The normalized spacial score (nSPS) is 16.6. The lowest BCUT2D eigenvalue weighted by Crippen LogP contribution is -2.51. The van der Waals surface area contributed by atoms with E-state index in [1.165, 1.54) is 21.6 Å². The van der Waals surface area contributed by atoms with E-state index in [9.17, 15) is 13.2 Å². The molecule has 0 radical (unpaired) electrons. The van der Waals surface area contributed by atoms with Crippen LogP contribution in [-0.4, -0.2) is 75.7 Å². The maximum Gasteiger partial charge on any atom is 0.243 e. The van der Waals surface area contributed by atoms with Gasteiger partial charge in [-0.2, -0.15) is 8.99 Å². The van der Waals surface area contributed by atoms with E-state index in [1.807, 2.05) is 43.3 Å². The Morgan fingerprint density at radius 1 is 1.03 bits per heavy atom. The van der Waals surface area contributed by atoms with Gasteiger partial charge in [0.25, 0.3) is 0 Å². The molecule has 1 fully saturated rings. The molecule has 2 aromatic carbocycles. The fourth-order valence-corrected chi connectivity index (χ4v) is 6.71. The Labute approximate surface area is 203 Å². The number of amides is 1. The third-order valence-electron chi connectivity index (χ3n) is 6.31. The number of sulfonamides is 1. The molecule has 2 heterocycles. The summed E-state index contributed by atoms with van der Waals surface area (Å²) in [4.78, 5) is 14.9. The molecule has 1 aliphatic carbocycles. The van der Waals surface area contributed by atoms with Crippen LogP contribution < -0.4 is 0 Å². The summed E-state index contributed by atoms with van der Waals surface area (Å²) in [5.74, 6) is 0.127. The Kier molecular flexibility index (Phi) is 6.41. The highest BCUT2D eigenvalue weighted by Crippen LogP contribution is 2.27. The Morgan fingerprint density at radius 2 is 1.82 bits per heavy atom. The van der Waals surface area contributed by atoms with Crippen LogP contribution in [-0.2, 0) is 27.7 Å². The lowest BCUT2D eigenvalue weighted by molar-refractivity contribution is -0.129. The molecule has 34 heavy (non-hydrogen) atoms. The number of rotatable bonds is 6. The van der Waals surface area contributed by atoms with E-state index in [0.717, 1.165) is 36.1 Å². The van der Waals surface area contributed by atoms with Gasteiger partial charge < -0.3 is 4.90 Å². The van der Waals surface area contributed by atoms with Crippen molar-refractivity contribution >= 4 is 27.7 Å². The number of fused-ring (bicyclic) bond motifs is 1. The lowest BCUT2D eigenvalue weighted by atomic mass is 10.1. The molecule has 9 nitrogen and oxygen atoms in total. The minimum atomic E-state index is -3.56. The van der Waals surface area contributed by atoms with Gasteiger partial charge in [-0.3, -0.25) is 4.79 Å². The average molecular weight is 499 g/mol. The van der Waals surface area contributed by atoms with Crippen LogP contribution in [0.2, 0.25) is 0 Å². The van der Waals surface area contributed by atoms with Crippen molar-refractivity contribution in [2.24, 2.45) is 0 Å². The first-order valence-corrected chi connectivity index (χ1v) is 13.7. The van der Waals surface area contributed by atoms with Crippen molar-refractivity contribution in [2.45, 2.75) is 36.2 Å². The Bertz CT molecular complexity index is 1320. The summed E-state index contributed by atoms with van der Waals surface area (Å²) >= 11 is 1.27.